The molecule has 150 valence electrons. The number of carbonyl (C=O) groups excluding carboxylic acids is 1. The fraction of sp³-hybridized carbons (Fsp3) is 0.350. The van der Waals surface area contributed by atoms with E-state index in [4.69, 9.17) is 9.47 Å². The van der Waals surface area contributed by atoms with Crippen LogP contribution in [0.25, 0.3) is 0 Å². The van der Waals surface area contributed by atoms with Crippen LogP contribution in [-0.4, -0.2) is 64.0 Å². The standard InChI is InChI=1S/C20H24N2O5S/c1-21(28(24,25)18-6-4-3-5-7-18)15-17-14-16(8-9-19(17)26-2)20(23)22-10-12-27-13-11-22/h3-9,14H,10-13,15H2,1-2H3. The average Bonchev–Trinajstić information content (AvgIpc) is 2.74. The average molecular weight is 404 g/mol. The van der Waals surface area contributed by atoms with Crippen LogP contribution in [-0.2, 0) is 21.3 Å². The predicted octanol–water partition coefficient (Wildman–Crippen LogP) is 1.99. The fourth-order valence-electron chi connectivity index (χ4n) is 3.08. The number of morpholine rings is 1. The molecule has 1 amide bonds. The lowest BCUT2D eigenvalue weighted by Gasteiger charge is -2.27. The molecule has 0 spiro atoms. The Hall–Kier alpha value is -2.42. The Labute approximate surface area is 165 Å². The first kappa shape index (κ1) is 20.3. The molecule has 2 aromatic rings. The van der Waals surface area contributed by atoms with Gasteiger partial charge in [0.15, 0.2) is 0 Å². The van der Waals surface area contributed by atoms with Crippen LogP contribution >= 0.6 is 0 Å². The van der Waals surface area contributed by atoms with Crippen molar-refractivity contribution in [3.05, 3.63) is 59.7 Å². The van der Waals surface area contributed by atoms with E-state index in [9.17, 15) is 13.2 Å². The first-order valence-electron chi connectivity index (χ1n) is 8.99. The van der Waals surface area contributed by atoms with Gasteiger partial charge >= 0.3 is 0 Å². The van der Waals surface area contributed by atoms with Crippen molar-refractivity contribution in [1.29, 1.82) is 0 Å². The van der Waals surface area contributed by atoms with Gasteiger partial charge in [-0.15, -0.1) is 0 Å². The molecule has 0 radical (unpaired) electrons. The summed E-state index contributed by atoms with van der Waals surface area (Å²) < 4.78 is 37.5. The van der Waals surface area contributed by atoms with Crippen LogP contribution in [0.4, 0.5) is 0 Å². The highest BCUT2D eigenvalue weighted by molar-refractivity contribution is 7.89. The van der Waals surface area contributed by atoms with Crippen LogP contribution in [0.1, 0.15) is 15.9 Å². The molecule has 7 nitrogen and oxygen atoms in total. The van der Waals surface area contributed by atoms with E-state index >= 15 is 0 Å². The van der Waals surface area contributed by atoms with Gasteiger partial charge in [0.25, 0.3) is 5.91 Å². The van der Waals surface area contributed by atoms with Crippen molar-refractivity contribution in [2.75, 3.05) is 40.5 Å². The molecule has 1 aliphatic heterocycles. The molecule has 0 N–H and O–H groups in total. The Morgan fingerprint density at radius 3 is 2.46 bits per heavy atom. The second kappa shape index (κ2) is 8.72. The first-order chi connectivity index (χ1) is 13.4. The van der Waals surface area contributed by atoms with Gasteiger partial charge in [-0.05, 0) is 30.3 Å². The summed E-state index contributed by atoms with van der Waals surface area (Å²) >= 11 is 0. The summed E-state index contributed by atoms with van der Waals surface area (Å²) in [6.07, 6.45) is 0. The SMILES string of the molecule is COc1ccc(C(=O)N2CCOCC2)cc1CN(C)S(=O)(=O)c1ccccc1. The van der Waals surface area contributed by atoms with E-state index in [-0.39, 0.29) is 17.3 Å². The number of ether oxygens (including phenoxy) is 2. The highest BCUT2D eigenvalue weighted by atomic mass is 32.2. The summed E-state index contributed by atoms with van der Waals surface area (Å²) in [6.45, 7) is 2.22. The van der Waals surface area contributed by atoms with Crippen molar-refractivity contribution in [3.63, 3.8) is 0 Å². The summed E-state index contributed by atoms with van der Waals surface area (Å²) in [5, 5.41) is 0. The van der Waals surface area contributed by atoms with Crippen molar-refractivity contribution in [2.24, 2.45) is 0 Å². The summed E-state index contributed by atoms with van der Waals surface area (Å²) in [4.78, 5) is 14.7. The van der Waals surface area contributed by atoms with Crippen molar-refractivity contribution in [3.8, 4) is 5.75 Å². The molecule has 1 aliphatic rings. The lowest BCUT2D eigenvalue weighted by molar-refractivity contribution is 0.0303. The Bertz CT molecular complexity index is 925. The Kier molecular flexibility index (Phi) is 6.33. The van der Waals surface area contributed by atoms with Gasteiger partial charge in [0.05, 0.1) is 25.2 Å². The maximum Gasteiger partial charge on any atom is 0.254 e. The van der Waals surface area contributed by atoms with E-state index in [1.807, 2.05) is 0 Å². The number of amides is 1. The van der Waals surface area contributed by atoms with Gasteiger partial charge in [-0.3, -0.25) is 4.79 Å². The molecular formula is C20H24N2O5S. The second-order valence-electron chi connectivity index (χ2n) is 6.51. The molecule has 0 saturated carbocycles. The zero-order chi connectivity index (χ0) is 20.1. The molecule has 0 aromatic heterocycles. The lowest BCUT2D eigenvalue weighted by Crippen LogP contribution is -2.40. The highest BCUT2D eigenvalue weighted by Crippen LogP contribution is 2.25. The van der Waals surface area contributed by atoms with E-state index in [1.165, 1.54) is 18.5 Å². The molecular weight excluding hydrogens is 380 g/mol. The zero-order valence-electron chi connectivity index (χ0n) is 16.0. The van der Waals surface area contributed by atoms with E-state index in [0.717, 1.165) is 0 Å². The number of sulfonamides is 1. The van der Waals surface area contributed by atoms with Gasteiger partial charge in [-0.1, -0.05) is 18.2 Å². The topological polar surface area (TPSA) is 76.2 Å². The number of benzene rings is 2. The Balaban J connectivity index is 1.85. The first-order valence-corrected chi connectivity index (χ1v) is 10.4. The summed E-state index contributed by atoms with van der Waals surface area (Å²) in [7, 11) is -0.616. The van der Waals surface area contributed by atoms with E-state index < -0.39 is 10.0 Å². The molecule has 8 heteroatoms. The van der Waals surface area contributed by atoms with Crippen LogP contribution in [0.2, 0.25) is 0 Å². The van der Waals surface area contributed by atoms with Gasteiger partial charge in [0.1, 0.15) is 5.75 Å². The highest BCUT2D eigenvalue weighted by Gasteiger charge is 2.24. The molecule has 3 rings (SSSR count). The van der Waals surface area contributed by atoms with Gasteiger partial charge in [0.2, 0.25) is 10.0 Å². The summed E-state index contributed by atoms with van der Waals surface area (Å²) in [5.74, 6) is 0.439. The van der Waals surface area contributed by atoms with E-state index in [2.05, 4.69) is 0 Å². The minimum Gasteiger partial charge on any atom is -0.496 e. The molecule has 0 aliphatic carbocycles. The van der Waals surface area contributed by atoms with Crippen molar-refractivity contribution >= 4 is 15.9 Å². The van der Waals surface area contributed by atoms with Gasteiger partial charge in [-0.25, -0.2) is 8.42 Å². The maximum atomic E-state index is 12.8. The van der Waals surface area contributed by atoms with Gasteiger partial charge in [0, 0.05) is 37.8 Å². The van der Waals surface area contributed by atoms with Crippen LogP contribution in [0.15, 0.2) is 53.4 Å². The summed E-state index contributed by atoms with van der Waals surface area (Å²) in [6, 6.07) is 13.4. The lowest BCUT2D eigenvalue weighted by atomic mass is 10.1. The molecule has 28 heavy (non-hydrogen) atoms. The third-order valence-corrected chi connectivity index (χ3v) is 6.49. The minimum atomic E-state index is -3.65. The van der Waals surface area contributed by atoms with Crippen LogP contribution < -0.4 is 4.74 Å². The van der Waals surface area contributed by atoms with E-state index in [0.29, 0.717) is 43.2 Å². The largest absolute Gasteiger partial charge is 0.496 e. The second-order valence-corrected chi connectivity index (χ2v) is 8.55. The predicted molar refractivity (Wildman–Crippen MR) is 105 cm³/mol. The summed E-state index contributed by atoms with van der Waals surface area (Å²) in [5.41, 5.74) is 1.13. The third kappa shape index (κ3) is 4.35. The normalized spacial score (nSPS) is 14.9. The zero-order valence-corrected chi connectivity index (χ0v) is 16.8. The van der Waals surface area contributed by atoms with Gasteiger partial charge in [-0.2, -0.15) is 4.31 Å². The molecule has 1 heterocycles. The smallest absolute Gasteiger partial charge is 0.254 e. The quantitative estimate of drug-likeness (QED) is 0.736. The minimum absolute atomic E-state index is 0.0879. The molecule has 2 aromatic carbocycles. The van der Waals surface area contributed by atoms with Crippen molar-refractivity contribution < 1.29 is 22.7 Å². The van der Waals surface area contributed by atoms with Crippen LogP contribution in [0.5, 0.6) is 5.75 Å². The number of hydrogen-bond acceptors (Lipinski definition) is 5. The van der Waals surface area contributed by atoms with Crippen molar-refractivity contribution in [2.45, 2.75) is 11.4 Å². The van der Waals surface area contributed by atoms with Gasteiger partial charge < -0.3 is 14.4 Å². The Morgan fingerprint density at radius 2 is 1.82 bits per heavy atom. The molecule has 0 atom stereocenters. The fourth-order valence-corrected chi connectivity index (χ4v) is 4.25. The number of methoxy groups -OCH3 is 1. The van der Waals surface area contributed by atoms with Crippen LogP contribution in [0.3, 0.4) is 0 Å². The number of hydrogen-bond donors (Lipinski definition) is 0. The maximum absolute atomic E-state index is 12.8. The van der Waals surface area contributed by atoms with E-state index in [1.54, 1.807) is 53.4 Å². The molecule has 1 saturated heterocycles. The molecule has 1 fully saturated rings. The Morgan fingerprint density at radius 1 is 1.14 bits per heavy atom. The number of carbonyl (C=O) groups is 1. The van der Waals surface area contributed by atoms with Crippen molar-refractivity contribution in [1.82, 2.24) is 9.21 Å². The van der Waals surface area contributed by atoms with Crippen LogP contribution in [0, 0.1) is 0 Å². The molecule has 0 unspecified atom stereocenters. The third-order valence-electron chi connectivity index (χ3n) is 4.67. The number of nitrogens with zero attached hydrogens (tertiary/aromatic N) is 2. The monoisotopic (exact) mass is 404 g/mol. The molecule has 0 bridgehead atoms. The number of rotatable bonds is 6.